The molecule has 0 amide bonds. The Hall–Kier alpha value is -1.72. The zero-order valence-electron chi connectivity index (χ0n) is 13.5. The zero-order valence-corrected chi connectivity index (χ0v) is 14.3. The van der Waals surface area contributed by atoms with Crippen LogP contribution in [0.4, 0.5) is 5.82 Å². The van der Waals surface area contributed by atoms with Gasteiger partial charge >= 0.3 is 7.60 Å². The Balaban J connectivity index is 1.52. The lowest BCUT2D eigenvalue weighted by atomic mass is 10.1. The third-order valence-corrected chi connectivity index (χ3v) is 4.94. The van der Waals surface area contributed by atoms with Crippen molar-refractivity contribution < 1.29 is 14.4 Å². The second-order valence-electron chi connectivity index (χ2n) is 6.09. The van der Waals surface area contributed by atoms with Gasteiger partial charge in [-0.25, -0.2) is 4.98 Å². The van der Waals surface area contributed by atoms with E-state index >= 15 is 0 Å². The van der Waals surface area contributed by atoms with Crippen molar-refractivity contribution in [2.24, 2.45) is 0 Å². The minimum atomic E-state index is -4.00. The Bertz CT molecular complexity index is 695. The Kier molecular flexibility index (Phi) is 5.31. The first-order chi connectivity index (χ1) is 11.5. The standard InChI is InChI=1S/C17H22N3O3P/c21-24(22,23)14-16-6-4-15(5-7-16)13-19-9-11-20(12-10-19)17-3-1-2-8-18-17/h1-8H,9-14H2,(H2,21,22,23). The minimum Gasteiger partial charge on any atom is -0.354 e. The van der Waals surface area contributed by atoms with Gasteiger partial charge in [0.1, 0.15) is 5.82 Å². The maximum Gasteiger partial charge on any atom is 0.329 e. The van der Waals surface area contributed by atoms with E-state index in [-0.39, 0.29) is 6.16 Å². The molecular formula is C17H22N3O3P. The van der Waals surface area contributed by atoms with Crippen molar-refractivity contribution >= 4 is 13.4 Å². The molecule has 0 saturated carbocycles. The molecule has 0 unspecified atom stereocenters. The van der Waals surface area contributed by atoms with Crippen LogP contribution in [0.1, 0.15) is 11.1 Å². The Morgan fingerprint density at radius 3 is 2.21 bits per heavy atom. The first-order valence-corrected chi connectivity index (χ1v) is 9.80. The van der Waals surface area contributed by atoms with Crippen LogP contribution >= 0.6 is 7.60 Å². The highest BCUT2D eigenvalue weighted by molar-refractivity contribution is 7.50. The lowest BCUT2D eigenvalue weighted by Crippen LogP contribution is -2.46. The second kappa shape index (κ2) is 7.45. The highest BCUT2D eigenvalue weighted by Gasteiger charge is 2.18. The summed E-state index contributed by atoms with van der Waals surface area (Å²) in [6.45, 7) is 4.70. The summed E-state index contributed by atoms with van der Waals surface area (Å²) in [4.78, 5) is 27.1. The molecule has 0 radical (unpaired) electrons. The van der Waals surface area contributed by atoms with Gasteiger partial charge in [0, 0.05) is 38.9 Å². The smallest absolute Gasteiger partial charge is 0.329 e. The largest absolute Gasteiger partial charge is 0.354 e. The molecule has 0 bridgehead atoms. The molecule has 1 aromatic heterocycles. The van der Waals surface area contributed by atoms with Crippen molar-refractivity contribution in [3.8, 4) is 0 Å². The molecule has 2 aromatic rings. The van der Waals surface area contributed by atoms with Crippen LogP contribution in [-0.4, -0.2) is 45.8 Å². The van der Waals surface area contributed by atoms with E-state index in [1.807, 2.05) is 36.5 Å². The second-order valence-corrected chi connectivity index (χ2v) is 7.74. The number of hydrogen-bond acceptors (Lipinski definition) is 4. The van der Waals surface area contributed by atoms with Gasteiger partial charge in [0.25, 0.3) is 0 Å². The number of piperazine rings is 1. The first kappa shape index (κ1) is 17.1. The van der Waals surface area contributed by atoms with Crippen molar-refractivity contribution in [2.75, 3.05) is 31.1 Å². The van der Waals surface area contributed by atoms with E-state index in [0.29, 0.717) is 5.56 Å². The Morgan fingerprint density at radius 1 is 0.958 bits per heavy atom. The summed E-state index contributed by atoms with van der Waals surface area (Å²) in [5.41, 5.74) is 1.84. The molecule has 24 heavy (non-hydrogen) atoms. The molecule has 0 aliphatic carbocycles. The molecule has 1 saturated heterocycles. The van der Waals surface area contributed by atoms with Crippen molar-refractivity contribution in [3.05, 3.63) is 59.8 Å². The van der Waals surface area contributed by atoms with Gasteiger partial charge in [-0.1, -0.05) is 30.3 Å². The lowest BCUT2D eigenvalue weighted by Gasteiger charge is -2.35. The van der Waals surface area contributed by atoms with Crippen LogP contribution in [-0.2, 0) is 17.3 Å². The van der Waals surface area contributed by atoms with E-state index < -0.39 is 7.60 Å². The molecule has 6 nitrogen and oxygen atoms in total. The molecule has 1 aliphatic rings. The topological polar surface area (TPSA) is 76.9 Å². The van der Waals surface area contributed by atoms with Gasteiger partial charge in [-0.15, -0.1) is 0 Å². The van der Waals surface area contributed by atoms with Gasteiger partial charge in [-0.3, -0.25) is 9.46 Å². The summed E-state index contributed by atoms with van der Waals surface area (Å²) in [6.07, 6.45) is 1.62. The van der Waals surface area contributed by atoms with Crippen molar-refractivity contribution in [3.63, 3.8) is 0 Å². The van der Waals surface area contributed by atoms with Crippen LogP contribution in [0.2, 0.25) is 0 Å². The summed E-state index contributed by atoms with van der Waals surface area (Å²) in [7, 11) is -4.00. The summed E-state index contributed by atoms with van der Waals surface area (Å²) < 4.78 is 11.0. The number of hydrogen-bond donors (Lipinski definition) is 2. The van der Waals surface area contributed by atoms with Crippen molar-refractivity contribution in [2.45, 2.75) is 12.7 Å². The highest BCUT2D eigenvalue weighted by atomic mass is 31.2. The molecule has 3 rings (SSSR count). The average molecular weight is 347 g/mol. The highest BCUT2D eigenvalue weighted by Crippen LogP contribution is 2.38. The van der Waals surface area contributed by atoms with E-state index in [2.05, 4.69) is 14.8 Å². The number of aromatic nitrogens is 1. The zero-order chi connectivity index (χ0) is 17.0. The molecule has 0 atom stereocenters. The molecule has 1 aromatic carbocycles. The third-order valence-electron chi connectivity index (χ3n) is 4.16. The van der Waals surface area contributed by atoms with Gasteiger partial charge < -0.3 is 14.7 Å². The van der Waals surface area contributed by atoms with Crippen molar-refractivity contribution in [1.82, 2.24) is 9.88 Å². The van der Waals surface area contributed by atoms with Gasteiger partial charge in [0.05, 0.1) is 6.16 Å². The van der Waals surface area contributed by atoms with E-state index in [1.165, 1.54) is 0 Å². The maximum absolute atomic E-state index is 11.0. The van der Waals surface area contributed by atoms with Crippen LogP contribution in [0.15, 0.2) is 48.7 Å². The van der Waals surface area contributed by atoms with E-state index in [4.69, 9.17) is 9.79 Å². The monoisotopic (exact) mass is 347 g/mol. The summed E-state index contributed by atoms with van der Waals surface area (Å²) in [5, 5.41) is 0. The Labute approximate surface area is 141 Å². The van der Waals surface area contributed by atoms with Gasteiger partial charge in [0.15, 0.2) is 0 Å². The van der Waals surface area contributed by atoms with E-state index in [9.17, 15) is 4.57 Å². The molecule has 7 heteroatoms. The molecule has 1 fully saturated rings. The summed E-state index contributed by atoms with van der Waals surface area (Å²) >= 11 is 0. The number of nitrogens with zero attached hydrogens (tertiary/aromatic N) is 3. The van der Waals surface area contributed by atoms with Crippen LogP contribution in [0.3, 0.4) is 0 Å². The maximum atomic E-state index is 11.0. The van der Waals surface area contributed by atoms with Crippen LogP contribution in [0, 0.1) is 0 Å². The quantitative estimate of drug-likeness (QED) is 0.807. The van der Waals surface area contributed by atoms with Crippen LogP contribution < -0.4 is 4.90 Å². The van der Waals surface area contributed by atoms with Crippen molar-refractivity contribution in [1.29, 1.82) is 0 Å². The summed E-state index contributed by atoms with van der Waals surface area (Å²) in [5.74, 6) is 1.03. The predicted molar refractivity (Wildman–Crippen MR) is 93.9 cm³/mol. The average Bonchev–Trinajstić information content (AvgIpc) is 2.57. The molecule has 0 spiro atoms. The lowest BCUT2D eigenvalue weighted by molar-refractivity contribution is 0.249. The normalized spacial score (nSPS) is 16.3. The van der Waals surface area contributed by atoms with Gasteiger partial charge in [-0.05, 0) is 23.3 Å². The number of rotatable bonds is 5. The number of benzene rings is 1. The third kappa shape index (κ3) is 4.89. The Morgan fingerprint density at radius 2 is 1.62 bits per heavy atom. The fraction of sp³-hybridized carbons (Fsp3) is 0.353. The fourth-order valence-corrected chi connectivity index (χ4v) is 3.61. The molecule has 2 N–H and O–H groups in total. The molecule has 1 aliphatic heterocycles. The van der Waals surface area contributed by atoms with Gasteiger partial charge in [0.2, 0.25) is 0 Å². The molecule has 128 valence electrons. The van der Waals surface area contributed by atoms with E-state index in [0.717, 1.165) is 44.1 Å². The fourth-order valence-electron chi connectivity index (χ4n) is 2.92. The van der Waals surface area contributed by atoms with Gasteiger partial charge in [-0.2, -0.15) is 0 Å². The van der Waals surface area contributed by atoms with E-state index in [1.54, 1.807) is 12.1 Å². The first-order valence-electron chi connectivity index (χ1n) is 8.00. The SMILES string of the molecule is O=P(O)(O)Cc1ccc(CN2CCN(c3ccccn3)CC2)cc1. The molecule has 2 heterocycles. The van der Waals surface area contributed by atoms with Crippen LogP contribution in [0.25, 0.3) is 0 Å². The number of anilines is 1. The predicted octanol–water partition coefficient (Wildman–Crippen LogP) is 2.08. The molecular weight excluding hydrogens is 325 g/mol. The number of pyridine rings is 1. The van der Waals surface area contributed by atoms with Crippen LogP contribution in [0.5, 0.6) is 0 Å². The summed E-state index contributed by atoms with van der Waals surface area (Å²) in [6, 6.07) is 13.5. The minimum absolute atomic E-state index is 0.198.